The van der Waals surface area contributed by atoms with Crippen molar-refractivity contribution in [1.29, 1.82) is 0 Å². The van der Waals surface area contributed by atoms with Crippen molar-refractivity contribution in [3.63, 3.8) is 0 Å². The highest BCUT2D eigenvalue weighted by atomic mass is 16.7. The number of carboxylic acid groups (broad SMARTS) is 1. The molecule has 9 nitrogen and oxygen atoms in total. The van der Waals surface area contributed by atoms with Gasteiger partial charge in [-0.15, -0.1) is 10.2 Å². The fourth-order valence-electron chi connectivity index (χ4n) is 1.28. The third-order valence-electron chi connectivity index (χ3n) is 2.10. The Bertz CT molecular complexity index is 465. The highest BCUT2D eigenvalue weighted by Crippen LogP contribution is 2.06. The van der Waals surface area contributed by atoms with E-state index in [1.807, 2.05) is 19.3 Å². The molecule has 0 fully saturated rings. The van der Waals surface area contributed by atoms with Gasteiger partial charge >= 0.3 is 12.0 Å². The summed E-state index contributed by atoms with van der Waals surface area (Å²) in [7, 11) is 0. The molecule has 1 aromatic heterocycles. The number of aliphatic carboxylic acids is 1. The van der Waals surface area contributed by atoms with Crippen LogP contribution in [0.25, 0.3) is 0 Å². The van der Waals surface area contributed by atoms with Crippen molar-refractivity contribution in [2.24, 2.45) is 0 Å². The molecule has 0 radical (unpaired) electrons. The molecule has 0 unspecified atom stereocenters. The molecule has 19 heavy (non-hydrogen) atoms. The van der Waals surface area contributed by atoms with Crippen molar-refractivity contribution < 1.29 is 19.5 Å². The maximum Gasteiger partial charge on any atom is 0.345 e. The molecule has 0 aliphatic rings. The number of carbonyl (C=O) groups is 2. The van der Waals surface area contributed by atoms with Crippen LogP contribution in [0.2, 0.25) is 0 Å². The Balaban J connectivity index is 2.57. The number of urea groups is 1. The second kappa shape index (κ2) is 7.21. The van der Waals surface area contributed by atoms with E-state index in [1.54, 1.807) is 0 Å². The number of amides is 2. The molecule has 2 amide bonds. The van der Waals surface area contributed by atoms with Gasteiger partial charge in [-0.3, -0.25) is 10.2 Å². The van der Waals surface area contributed by atoms with Gasteiger partial charge in [-0.05, 0) is 12.8 Å². The quantitative estimate of drug-likeness (QED) is 0.626. The number of rotatable bonds is 6. The van der Waals surface area contributed by atoms with Gasteiger partial charge in [-0.1, -0.05) is 13.8 Å². The molecular formula is C10H15N5O4. The fraction of sp³-hybridized carbons (Fsp3) is 0.500. The van der Waals surface area contributed by atoms with Gasteiger partial charge in [0.15, 0.2) is 6.61 Å². The van der Waals surface area contributed by atoms with Crippen LogP contribution in [0.4, 0.5) is 10.7 Å². The molecule has 1 rings (SSSR count). The zero-order valence-corrected chi connectivity index (χ0v) is 10.6. The van der Waals surface area contributed by atoms with Gasteiger partial charge in [0.05, 0.1) is 11.4 Å². The third-order valence-corrected chi connectivity index (χ3v) is 2.10. The standard InChI is InChI=1S/C10H15N5O4/c1-3-6-7(4-2)13-14-9(11-6)12-10(18)15-19-5-8(16)17/h3-5H2,1-2H3,(H,16,17)(H2,11,12,14,15,18). The Morgan fingerprint density at radius 2 is 1.89 bits per heavy atom. The lowest BCUT2D eigenvalue weighted by atomic mass is 10.2. The Labute approximate surface area is 109 Å². The first kappa shape index (κ1) is 14.8. The summed E-state index contributed by atoms with van der Waals surface area (Å²) < 4.78 is 0. The minimum atomic E-state index is -1.20. The van der Waals surface area contributed by atoms with E-state index >= 15 is 0 Å². The molecule has 0 saturated heterocycles. The summed E-state index contributed by atoms with van der Waals surface area (Å²) in [6.07, 6.45) is 1.38. The Hall–Kier alpha value is -2.29. The van der Waals surface area contributed by atoms with Crippen molar-refractivity contribution in [2.45, 2.75) is 26.7 Å². The smallest absolute Gasteiger partial charge is 0.345 e. The van der Waals surface area contributed by atoms with Gasteiger partial charge in [0, 0.05) is 0 Å². The molecular weight excluding hydrogens is 254 g/mol. The normalized spacial score (nSPS) is 10.0. The van der Waals surface area contributed by atoms with E-state index in [0.717, 1.165) is 11.4 Å². The van der Waals surface area contributed by atoms with Crippen molar-refractivity contribution >= 4 is 17.9 Å². The first-order valence-corrected chi connectivity index (χ1v) is 5.69. The molecule has 0 aliphatic carbocycles. The maximum atomic E-state index is 11.3. The van der Waals surface area contributed by atoms with E-state index in [-0.39, 0.29) is 5.95 Å². The van der Waals surface area contributed by atoms with Crippen LogP contribution in [-0.4, -0.2) is 38.9 Å². The number of aryl methyl sites for hydroxylation is 2. The van der Waals surface area contributed by atoms with Crippen LogP contribution >= 0.6 is 0 Å². The van der Waals surface area contributed by atoms with Gasteiger partial charge in [0.25, 0.3) is 5.95 Å². The van der Waals surface area contributed by atoms with Crippen LogP contribution in [0.3, 0.4) is 0 Å². The van der Waals surface area contributed by atoms with Crippen molar-refractivity contribution in [2.75, 3.05) is 11.9 Å². The minimum absolute atomic E-state index is 0.0328. The van der Waals surface area contributed by atoms with E-state index < -0.39 is 18.6 Å². The van der Waals surface area contributed by atoms with Gasteiger partial charge < -0.3 is 5.11 Å². The molecule has 1 heterocycles. The molecule has 104 valence electrons. The van der Waals surface area contributed by atoms with Crippen LogP contribution in [0.15, 0.2) is 0 Å². The fourth-order valence-corrected chi connectivity index (χ4v) is 1.28. The van der Waals surface area contributed by atoms with Crippen molar-refractivity contribution in [3.8, 4) is 0 Å². The Morgan fingerprint density at radius 3 is 2.47 bits per heavy atom. The van der Waals surface area contributed by atoms with E-state index in [2.05, 4.69) is 25.3 Å². The van der Waals surface area contributed by atoms with Crippen molar-refractivity contribution in [1.82, 2.24) is 20.7 Å². The summed E-state index contributed by atoms with van der Waals surface area (Å²) in [5.41, 5.74) is 3.41. The molecule has 0 atom stereocenters. The number of aromatic nitrogens is 3. The highest BCUT2D eigenvalue weighted by Gasteiger charge is 2.09. The molecule has 0 aliphatic heterocycles. The average Bonchev–Trinajstić information content (AvgIpc) is 2.38. The average molecular weight is 269 g/mol. The Kier molecular flexibility index (Phi) is 5.61. The second-order valence-corrected chi connectivity index (χ2v) is 3.47. The summed E-state index contributed by atoms with van der Waals surface area (Å²) in [5.74, 6) is -1.16. The first-order chi connectivity index (χ1) is 9.06. The van der Waals surface area contributed by atoms with Crippen LogP contribution in [0.5, 0.6) is 0 Å². The number of hydrogen-bond acceptors (Lipinski definition) is 6. The van der Waals surface area contributed by atoms with E-state index in [4.69, 9.17) is 5.11 Å². The summed E-state index contributed by atoms with van der Waals surface area (Å²) in [6, 6.07) is -0.769. The molecule has 3 N–H and O–H groups in total. The number of nitrogens with one attached hydrogen (secondary N) is 2. The second-order valence-electron chi connectivity index (χ2n) is 3.47. The molecule has 9 heteroatoms. The number of carboxylic acids is 1. The lowest BCUT2D eigenvalue weighted by Gasteiger charge is -2.07. The van der Waals surface area contributed by atoms with E-state index in [1.165, 1.54) is 0 Å². The van der Waals surface area contributed by atoms with E-state index in [9.17, 15) is 9.59 Å². The molecule has 0 saturated carbocycles. The topological polar surface area (TPSA) is 126 Å². The summed E-state index contributed by atoms with van der Waals surface area (Å²) >= 11 is 0. The zero-order valence-electron chi connectivity index (χ0n) is 10.6. The number of hydrogen-bond donors (Lipinski definition) is 3. The van der Waals surface area contributed by atoms with Crippen molar-refractivity contribution in [3.05, 3.63) is 11.4 Å². The van der Waals surface area contributed by atoms with Gasteiger partial charge in [0.1, 0.15) is 0 Å². The third kappa shape index (κ3) is 4.84. The number of hydroxylamine groups is 1. The minimum Gasteiger partial charge on any atom is -0.479 e. The lowest BCUT2D eigenvalue weighted by Crippen LogP contribution is -2.31. The van der Waals surface area contributed by atoms with E-state index in [0.29, 0.717) is 12.8 Å². The first-order valence-electron chi connectivity index (χ1n) is 5.69. The Morgan fingerprint density at radius 1 is 1.21 bits per heavy atom. The monoisotopic (exact) mass is 269 g/mol. The largest absolute Gasteiger partial charge is 0.479 e. The predicted octanol–water partition coefficient (Wildman–Crippen LogP) is 0.134. The van der Waals surface area contributed by atoms with Crippen LogP contribution in [0, 0.1) is 0 Å². The van der Waals surface area contributed by atoms with Crippen LogP contribution in [-0.2, 0) is 22.5 Å². The number of nitrogens with zero attached hydrogens (tertiary/aromatic N) is 3. The maximum absolute atomic E-state index is 11.3. The molecule has 0 aromatic carbocycles. The van der Waals surface area contributed by atoms with Crippen LogP contribution in [0.1, 0.15) is 25.2 Å². The summed E-state index contributed by atoms with van der Waals surface area (Å²) in [5, 5.41) is 18.3. The number of carbonyl (C=O) groups excluding carboxylic acids is 1. The summed E-state index contributed by atoms with van der Waals surface area (Å²) in [6.45, 7) is 3.22. The number of anilines is 1. The zero-order chi connectivity index (χ0) is 14.3. The molecule has 0 spiro atoms. The van der Waals surface area contributed by atoms with Gasteiger partial charge in [0.2, 0.25) is 0 Å². The van der Waals surface area contributed by atoms with Gasteiger partial charge in [-0.25, -0.2) is 20.1 Å². The molecule has 1 aromatic rings. The molecule has 0 bridgehead atoms. The lowest BCUT2D eigenvalue weighted by molar-refractivity contribution is -0.143. The highest BCUT2D eigenvalue weighted by molar-refractivity contribution is 5.86. The SMILES string of the molecule is CCc1nnc(NC(=O)NOCC(=O)O)nc1CC. The predicted molar refractivity (Wildman–Crippen MR) is 64.3 cm³/mol. The van der Waals surface area contributed by atoms with Gasteiger partial charge in [-0.2, -0.15) is 0 Å². The van der Waals surface area contributed by atoms with Crippen LogP contribution < -0.4 is 10.8 Å². The summed E-state index contributed by atoms with van der Waals surface area (Å²) in [4.78, 5) is 30.0.